The molecule has 0 fully saturated rings. The molecular weight excluding hydrogens is 232 g/mol. The highest BCUT2D eigenvalue weighted by molar-refractivity contribution is 5.70. The molecule has 4 heteroatoms. The van der Waals surface area contributed by atoms with E-state index in [1.165, 1.54) is 0 Å². The van der Waals surface area contributed by atoms with Crippen molar-refractivity contribution in [3.63, 3.8) is 0 Å². The number of ether oxygens (including phenoxy) is 2. The van der Waals surface area contributed by atoms with Crippen LogP contribution >= 0.6 is 0 Å². The molecule has 0 saturated carbocycles. The van der Waals surface area contributed by atoms with E-state index in [-0.39, 0.29) is 6.42 Å². The predicted molar refractivity (Wildman–Crippen MR) is 67.4 cm³/mol. The maximum absolute atomic E-state index is 11.0. The number of hydrogen-bond acceptors (Lipinski definition) is 3. The summed E-state index contributed by atoms with van der Waals surface area (Å²) in [4.78, 5) is 11.0. The van der Waals surface area contributed by atoms with Crippen LogP contribution in [0.25, 0.3) is 0 Å². The van der Waals surface area contributed by atoms with Crippen molar-refractivity contribution in [3.05, 3.63) is 23.3 Å². The number of benzene rings is 1. The number of hydrogen-bond donors (Lipinski definition) is 1. The first kappa shape index (κ1) is 12.7. The zero-order valence-electron chi connectivity index (χ0n) is 10.9. The fourth-order valence-electron chi connectivity index (χ4n) is 2.52. The molecule has 1 aromatic carbocycles. The zero-order chi connectivity index (χ0) is 13.3. The maximum Gasteiger partial charge on any atom is 0.304 e. The molecule has 1 N–H and O–H groups in total. The van der Waals surface area contributed by atoms with E-state index in [1.54, 1.807) is 0 Å². The lowest BCUT2D eigenvalue weighted by Gasteiger charge is -2.30. The Morgan fingerprint density at radius 1 is 1.33 bits per heavy atom. The lowest BCUT2D eigenvalue weighted by Crippen LogP contribution is -2.26. The van der Waals surface area contributed by atoms with Gasteiger partial charge in [0.15, 0.2) is 11.5 Å². The predicted octanol–water partition coefficient (Wildman–Crippen LogP) is 2.52. The molecule has 1 heterocycles. The third-order valence-corrected chi connectivity index (χ3v) is 3.19. The summed E-state index contributed by atoms with van der Waals surface area (Å²) in [7, 11) is 0. The van der Waals surface area contributed by atoms with Crippen molar-refractivity contribution < 1.29 is 19.4 Å². The standard InChI is InChI=1S/C14H18O4/c1-9-4-5-10-13(18-7-6-17-10)12(9)14(2,3)8-11(15)16/h4-5H,6-8H2,1-3H3,(H,15,16). The number of aliphatic carboxylic acids is 1. The molecule has 0 unspecified atom stereocenters. The molecule has 2 rings (SSSR count). The van der Waals surface area contributed by atoms with Crippen molar-refractivity contribution in [2.45, 2.75) is 32.6 Å². The van der Waals surface area contributed by atoms with Gasteiger partial charge in [0.05, 0.1) is 6.42 Å². The van der Waals surface area contributed by atoms with Gasteiger partial charge in [0.25, 0.3) is 0 Å². The molecule has 1 aliphatic rings. The van der Waals surface area contributed by atoms with Gasteiger partial charge in [-0.25, -0.2) is 0 Å². The number of carboxylic acid groups (broad SMARTS) is 1. The van der Waals surface area contributed by atoms with Gasteiger partial charge in [-0.15, -0.1) is 0 Å². The SMILES string of the molecule is Cc1ccc2c(c1C(C)(C)CC(=O)O)OCCO2. The lowest BCUT2D eigenvalue weighted by atomic mass is 9.78. The average molecular weight is 250 g/mol. The van der Waals surface area contributed by atoms with Crippen molar-refractivity contribution in [1.29, 1.82) is 0 Å². The normalized spacial score (nSPS) is 14.4. The number of aryl methyl sites for hydroxylation is 1. The fraction of sp³-hybridized carbons (Fsp3) is 0.500. The summed E-state index contributed by atoms with van der Waals surface area (Å²) in [6.07, 6.45) is 0.0631. The van der Waals surface area contributed by atoms with Crippen molar-refractivity contribution in [1.82, 2.24) is 0 Å². The van der Waals surface area contributed by atoms with E-state index in [9.17, 15) is 4.79 Å². The minimum absolute atomic E-state index is 0.0631. The Morgan fingerprint density at radius 2 is 2.00 bits per heavy atom. The van der Waals surface area contributed by atoms with Crippen molar-refractivity contribution in [3.8, 4) is 11.5 Å². The van der Waals surface area contributed by atoms with Gasteiger partial charge in [-0.2, -0.15) is 0 Å². The molecule has 0 radical (unpaired) electrons. The monoisotopic (exact) mass is 250 g/mol. The molecule has 0 spiro atoms. The molecule has 0 aliphatic carbocycles. The summed E-state index contributed by atoms with van der Waals surface area (Å²) in [5.41, 5.74) is 1.48. The Labute approximate surface area is 107 Å². The van der Waals surface area contributed by atoms with Crippen LogP contribution in [0.15, 0.2) is 12.1 Å². The van der Waals surface area contributed by atoms with Crippen molar-refractivity contribution >= 4 is 5.97 Å². The second-order valence-corrected chi connectivity index (χ2v) is 5.24. The van der Waals surface area contributed by atoms with Crippen LogP contribution in [0.5, 0.6) is 11.5 Å². The minimum atomic E-state index is -0.811. The van der Waals surface area contributed by atoms with Crippen molar-refractivity contribution in [2.75, 3.05) is 13.2 Å². The van der Waals surface area contributed by atoms with E-state index in [4.69, 9.17) is 14.6 Å². The Hall–Kier alpha value is -1.71. The first-order valence-corrected chi connectivity index (χ1v) is 6.03. The largest absolute Gasteiger partial charge is 0.486 e. The number of carboxylic acids is 1. The Kier molecular flexibility index (Phi) is 3.20. The molecule has 0 saturated heterocycles. The summed E-state index contributed by atoms with van der Waals surface area (Å²) in [6, 6.07) is 3.83. The summed E-state index contributed by atoms with van der Waals surface area (Å²) in [5.74, 6) is 0.599. The molecule has 0 amide bonds. The third-order valence-electron chi connectivity index (χ3n) is 3.19. The van der Waals surface area contributed by atoms with Crippen molar-refractivity contribution in [2.24, 2.45) is 0 Å². The summed E-state index contributed by atoms with van der Waals surface area (Å²) >= 11 is 0. The number of carbonyl (C=O) groups is 1. The van der Waals surface area contributed by atoms with Gasteiger partial charge >= 0.3 is 5.97 Å². The highest BCUT2D eigenvalue weighted by Gasteiger charge is 2.32. The first-order chi connectivity index (χ1) is 8.42. The Balaban J connectivity index is 2.51. The molecule has 98 valence electrons. The van der Waals surface area contributed by atoms with Crippen LogP contribution < -0.4 is 9.47 Å². The van der Waals surface area contributed by atoms with Gasteiger partial charge in [-0.3, -0.25) is 4.79 Å². The molecule has 0 aromatic heterocycles. The van der Waals surface area contributed by atoms with Gasteiger partial charge in [-0.1, -0.05) is 19.9 Å². The highest BCUT2D eigenvalue weighted by atomic mass is 16.6. The quantitative estimate of drug-likeness (QED) is 0.895. The van der Waals surface area contributed by atoms with Gasteiger partial charge in [0.1, 0.15) is 13.2 Å². The number of fused-ring (bicyclic) bond motifs is 1. The van der Waals surface area contributed by atoms with E-state index in [2.05, 4.69) is 0 Å². The maximum atomic E-state index is 11.0. The van der Waals surface area contributed by atoms with Crippen LogP contribution in [0.3, 0.4) is 0 Å². The highest BCUT2D eigenvalue weighted by Crippen LogP contribution is 2.43. The lowest BCUT2D eigenvalue weighted by molar-refractivity contribution is -0.138. The third kappa shape index (κ3) is 2.28. The zero-order valence-corrected chi connectivity index (χ0v) is 10.9. The molecule has 1 aromatic rings. The topological polar surface area (TPSA) is 55.8 Å². The summed E-state index contributed by atoms with van der Waals surface area (Å²) in [5, 5.41) is 9.03. The van der Waals surface area contributed by atoms with Crippen LogP contribution in [0.1, 0.15) is 31.4 Å². The molecule has 18 heavy (non-hydrogen) atoms. The van der Waals surface area contributed by atoms with Gasteiger partial charge < -0.3 is 14.6 Å². The second kappa shape index (κ2) is 4.52. The average Bonchev–Trinajstić information content (AvgIpc) is 2.26. The van der Waals surface area contributed by atoms with E-state index >= 15 is 0 Å². The second-order valence-electron chi connectivity index (χ2n) is 5.24. The fourth-order valence-corrected chi connectivity index (χ4v) is 2.52. The number of rotatable bonds is 3. The van der Waals surface area contributed by atoms with E-state index in [0.717, 1.165) is 11.1 Å². The van der Waals surface area contributed by atoms with Crippen LogP contribution in [0, 0.1) is 6.92 Å². The van der Waals surface area contributed by atoms with Gasteiger partial charge in [0.2, 0.25) is 0 Å². The van der Waals surface area contributed by atoms with Gasteiger partial charge in [-0.05, 0) is 18.6 Å². The van der Waals surface area contributed by atoms with Crippen LogP contribution in [-0.4, -0.2) is 24.3 Å². The molecule has 4 nitrogen and oxygen atoms in total. The van der Waals surface area contributed by atoms with Crippen LogP contribution in [-0.2, 0) is 10.2 Å². The molecule has 0 atom stereocenters. The first-order valence-electron chi connectivity index (χ1n) is 6.03. The Morgan fingerprint density at radius 3 is 2.67 bits per heavy atom. The van der Waals surface area contributed by atoms with Crippen LogP contribution in [0.2, 0.25) is 0 Å². The molecular formula is C14H18O4. The smallest absolute Gasteiger partial charge is 0.304 e. The molecule has 1 aliphatic heterocycles. The van der Waals surface area contributed by atoms with E-state index in [1.807, 2.05) is 32.9 Å². The van der Waals surface area contributed by atoms with E-state index < -0.39 is 11.4 Å². The minimum Gasteiger partial charge on any atom is -0.486 e. The summed E-state index contributed by atoms with van der Waals surface area (Å²) in [6.45, 7) is 6.85. The molecule has 0 bridgehead atoms. The summed E-state index contributed by atoms with van der Waals surface area (Å²) < 4.78 is 11.2. The Bertz CT molecular complexity index is 477. The van der Waals surface area contributed by atoms with Gasteiger partial charge in [0, 0.05) is 11.0 Å². The van der Waals surface area contributed by atoms with E-state index in [0.29, 0.717) is 24.7 Å². The van der Waals surface area contributed by atoms with Crippen LogP contribution in [0.4, 0.5) is 0 Å².